The van der Waals surface area contributed by atoms with Crippen molar-refractivity contribution in [3.63, 3.8) is 0 Å². The van der Waals surface area contributed by atoms with E-state index >= 15 is 0 Å². The topological polar surface area (TPSA) is 62.5 Å². The second kappa shape index (κ2) is 7.54. The number of anilines is 2. The lowest BCUT2D eigenvalue weighted by Gasteiger charge is -2.36. The van der Waals surface area contributed by atoms with Crippen molar-refractivity contribution in [2.45, 2.75) is 0 Å². The summed E-state index contributed by atoms with van der Waals surface area (Å²) in [7, 11) is 0. The first kappa shape index (κ1) is 17.8. The van der Waals surface area contributed by atoms with Crippen LogP contribution < -0.4 is 9.80 Å². The highest BCUT2D eigenvalue weighted by Crippen LogP contribution is 2.32. The lowest BCUT2D eigenvalue weighted by molar-refractivity contribution is -0.384. The van der Waals surface area contributed by atoms with E-state index in [-0.39, 0.29) is 5.69 Å². The lowest BCUT2D eigenvalue weighted by atomic mass is 10.2. The first-order chi connectivity index (χ1) is 13.1. The average molecular weight is 401 g/mol. The maximum atomic E-state index is 10.9. The summed E-state index contributed by atoms with van der Waals surface area (Å²) in [5.74, 6) is 0. The van der Waals surface area contributed by atoms with E-state index in [9.17, 15) is 10.1 Å². The Hall–Kier alpha value is -2.64. The third-order valence-corrected chi connectivity index (χ3v) is 5.80. The van der Waals surface area contributed by atoms with E-state index in [4.69, 9.17) is 16.6 Å². The number of halogens is 1. The van der Waals surface area contributed by atoms with E-state index in [1.54, 1.807) is 17.4 Å². The molecule has 1 fully saturated rings. The van der Waals surface area contributed by atoms with Crippen molar-refractivity contribution in [1.82, 2.24) is 4.98 Å². The summed E-state index contributed by atoms with van der Waals surface area (Å²) in [6.07, 6.45) is 0. The fourth-order valence-corrected chi connectivity index (χ4v) is 4.34. The molecule has 1 aromatic heterocycles. The average Bonchev–Trinajstić information content (AvgIpc) is 3.19. The van der Waals surface area contributed by atoms with Crippen LogP contribution in [0.2, 0.25) is 5.02 Å². The molecule has 1 saturated heterocycles. The fraction of sp³-hybridized carbons (Fsp3) is 0.211. The van der Waals surface area contributed by atoms with Gasteiger partial charge in [0, 0.05) is 49.3 Å². The van der Waals surface area contributed by atoms with E-state index in [0.717, 1.165) is 48.3 Å². The van der Waals surface area contributed by atoms with E-state index in [2.05, 4.69) is 27.3 Å². The second-order valence-corrected chi connectivity index (χ2v) is 7.49. The molecule has 2 aromatic carbocycles. The fourth-order valence-electron chi connectivity index (χ4n) is 3.16. The number of rotatable bonds is 4. The van der Waals surface area contributed by atoms with Crippen molar-refractivity contribution in [1.29, 1.82) is 0 Å². The number of hydrogen-bond acceptors (Lipinski definition) is 6. The molecule has 6 nitrogen and oxygen atoms in total. The summed E-state index contributed by atoms with van der Waals surface area (Å²) in [4.78, 5) is 19.6. The van der Waals surface area contributed by atoms with Crippen LogP contribution in [0.25, 0.3) is 11.3 Å². The van der Waals surface area contributed by atoms with Gasteiger partial charge in [-0.2, -0.15) is 0 Å². The molecule has 0 aliphatic carbocycles. The minimum absolute atomic E-state index is 0.0126. The third kappa shape index (κ3) is 3.74. The van der Waals surface area contributed by atoms with Crippen molar-refractivity contribution in [3.8, 4) is 11.3 Å². The molecule has 8 heteroatoms. The monoisotopic (exact) mass is 400 g/mol. The van der Waals surface area contributed by atoms with Gasteiger partial charge >= 0.3 is 0 Å². The standard InChI is InChI=1S/C19H17ClN4O2S/c20-16-12-15(24(25)26)6-7-18(16)22-8-10-23(11-9-22)19-21-17(13-27-19)14-4-2-1-3-5-14/h1-7,12-13H,8-11H2. The van der Waals surface area contributed by atoms with Gasteiger partial charge in [0.05, 0.1) is 21.3 Å². The zero-order valence-electron chi connectivity index (χ0n) is 14.4. The Morgan fingerprint density at radius 3 is 2.41 bits per heavy atom. The molecular formula is C19H17ClN4O2S. The van der Waals surface area contributed by atoms with Gasteiger partial charge in [0.25, 0.3) is 5.69 Å². The van der Waals surface area contributed by atoms with Crippen molar-refractivity contribution >= 4 is 39.4 Å². The largest absolute Gasteiger partial charge is 0.367 e. The summed E-state index contributed by atoms with van der Waals surface area (Å²) in [6, 6.07) is 14.8. The van der Waals surface area contributed by atoms with Gasteiger partial charge in [-0.3, -0.25) is 10.1 Å². The summed E-state index contributed by atoms with van der Waals surface area (Å²) >= 11 is 7.91. The van der Waals surface area contributed by atoms with Crippen LogP contribution in [-0.4, -0.2) is 36.1 Å². The number of hydrogen-bond donors (Lipinski definition) is 0. The van der Waals surface area contributed by atoms with Crippen LogP contribution in [-0.2, 0) is 0 Å². The molecule has 0 spiro atoms. The van der Waals surface area contributed by atoms with Crippen LogP contribution in [0.4, 0.5) is 16.5 Å². The van der Waals surface area contributed by atoms with Gasteiger partial charge in [-0.05, 0) is 6.07 Å². The van der Waals surface area contributed by atoms with Crippen molar-refractivity contribution < 1.29 is 4.92 Å². The van der Waals surface area contributed by atoms with E-state index in [0.29, 0.717) is 5.02 Å². The highest BCUT2D eigenvalue weighted by atomic mass is 35.5. The van der Waals surface area contributed by atoms with E-state index < -0.39 is 4.92 Å². The lowest BCUT2D eigenvalue weighted by Crippen LogP contribution is -2.46. The molecule has 0 radical (unpaired) electrons. The number of nitro groups is 1. The van der Waals surface area contributed by atoms with Crippen molar-refractivity contribution in [2.75, 3.05) is 36.0 Å². The Morgan fingerprint density at radius 1 is 1.04 bits per heavy atom. The van der Waals surface area contributed by atoms with Crippen LogP contribution >= 0.6 is 22.9 Å². The minimum atomic E-state index is -0.430. The summed E-state index contributed by atoms with van der Waals surface area (Å²) in [6.45, 7) is 3.24. The van der Waals surface area contributed by atoms with Gasteiger partial charge < -0.3 is 9.80 Å². The van der Waals surface area contributed by atoms with Crippen LogP contribution in [0.1, 0.15) is 0 Å². The number of benzene rings is 2. The molecule has 0 N–H and O–H groups in total. The number of aromatic nitrogens is 1. The predicted molar refractivity (Wildman–Crippen MR) is 110 cm³/mol. The SMILES string of the molecule is O=[N+]([O-])c1ccc(N2CCN(c3nc(-c4ccccc4)cs3)CC2)c(Cl)c1. The molecule has 1 aliphatic heterocycles. The molecule has 0 atom stereocenters. The molecule has 138 valence electrons. The molecule has 0 bridgehead atoms. The Labute approximate surface area is 165 Å². The molecule has 27 heavy (non-hydrogen) atoms. The smallest absolute Gasteiger partial charge is 0.271 e. The van der Waals surface area contributed by atoms with Gasteiger partial charge in [-0.1, -0.05) is 41.9 Å². The number of nitrogens with zero attached hydrogens (tertiary/aromatic N) is 4. The quantitative estimate of drug-likeness (QED) is 0.469. The predicted octanol–water partition coefficient (Wildman–Crippen LogP) is 4.70. The summed E-state index contributed by atoms with van der Waals surface area (Å²) in [5.41, 5.74) is 2.97. The second-order valence-electron chi connectivity index (χ2n) is 6.25. The Morgan fingerprint density at radius 2 is 1.74 bits per heavy atom. The van der Waals surface area contributed by atoms with Crippen LogP contribution in [0.3, 0.4) is 0 Å². The van der Waals surface area contributed by atoms with Crippen molar-refractivity contribution in [3.05, 3.63) is 69.0 Å². The van der Waals surface area contributed by atoms with Crippen LogP contribution in [0.5, 0.6) is 0 Å². The van der Waals surface area contributed by atoms with Gasteiger partial charge in [-0.25, -0.2) is 4.98 Å². The first-order valence-corrected chi connectivity index (χ1v) is 9.82. The number of non-ortho nitro benzene ring substituents is 1. The maximum absolute atomic E-state index is 10.9. The summed E-state index contributed by atoms with van der Waals surface area (Å²) < 4.78 is 0. The Kier molecular flexibility index (Phi) is 4.96. The highest BCUT2D eigenvalue weighted by molar-refractivity contribution is 7.14. The first-order valence-electron chi connectivity index (χ1n) is 8.56. The Bertz CT molecular complexity index is 955. The molecule has 2 heterocycles. The molecular weight excluding hydrogens is 384 g/mol. The zero-order chi connectivity index (χ0) is 18.8. The zero-order valence-corrected chi connectivity index (χ0v) is 16.0. The van der Waals surface area contributed by atoms with E-state index in [1.807, 2.05) is 18.2 Å². The minimum Gasteiger partial charge on any atom is -0.367 e. The highest BCUT2D eigenvalue weighted by Gasteiger charge is 2.22. The normalized spacial score (nSPS) is 14.4. The third-order valence-electron chi connectivity index (χ3n) is 4.59. The van der Waals surface area contributed by atoms with Crippen molar-refractivity contribution in [2.24, 2.45) is 0 Å². The number of piperazine rings is 1. The molecule has 0 unspecified atom stereocenters. The van der Waals surface area contributed by atoms with E-state index in [1.165, 1.54) is 12.1 Å². The summed E-state index contributed by atoms with van der Waals surface area (Å²) in [5, 5.41) is 14.4. The van der Waals surface area contributed by atoms with Crippen LogP contribution in [0, 0.1) is 10.1 Å². The van der Waals surface area contributed by atoms with Gasteiger partial charge in [0.1, 0.15) is 0 Å². The molecule has 4 rings (SSSR count). The van der Waals surface area contributed by atoms with Gasteiger partial charge in [0.2, 0.25) is 0 Å². The molecule has 0 amide bonds. The van der Waals surface area contributed by atoms with Crippen LogP contribution in [0.15, 0.2) is 53.9 Å². The molecule has 1 aliphatic rings. The molecule has 3 aromatic rings. The van der Waals surface area contributed by atoms with Gasteiger partial charge in [0.15, 0.2) is 5.13 Å². The molecule has 0 saturated carbocycles. The number of thiazole rings is 1. The number of nitro benzene ring substituents is 1. The van der Waals surface area contributed by atoms with Gasteiger partial charge in [-0.15, -0.1) is 11.3 Å². The maximum Gasteiger partial charge on any atom is 0.271 e. The Balaban J connectivity index is 1.44.